The lowest BCUT2D eigenvalue weighted by Gasteiger charge is -2.26. The fourth-order valence-corrected chi connectivity index (χ4v) is 4.67. The van der Waals surface area contributed by atoms with Crippen LogP contribution in [0.3, 0.4) is 0 Å². The molecule has 1 aromatic heterocycles. The van der Waals surface area contributed by atoms with Crippen LogP contribution in [0.25, 0.3) is 5.76 Å². The van der Waals surface area contributed by atoms with Gasteiger partial charge in [0.05, 0.1) is 18.7 Å². The standard InChI is InChI=1S/C27H24N2O5/c1-16-12-19-13-18(9-10-21(19)34-16)25(30)23-24(20-7-3-4-8-22(20)33-2)29(27(32)26(23)31)15-17-6-5-11-28-14-17/h3-11,13-14,16,24,30H,12,15H2,1-2H3/b25-23+. The number of likely N-dealkylation sites (tertiary alicyclic amines) is 1. The molecule has 3 aromatic rings. The normalized spacial score (nSPS) is 20.8. The van der Waals surface area contributed by atoms with Crippen molar-refractivity contribution in [1.29, 1.82) is 0 Å². The van der Waals surface area contributed by atoms with E-state index in [1.54, 1.807) is 42.7 Å². The van der Waals surface area contributed by atoms with Crippen molar-refractivity contribution in [3.05, 3.63) is 94.8 Å². The van der Waals surface area contributed by atoms with Crippen LogP contribution >= 0.6 is 0 Å². The number of hydrogen-bond donors (Lipinski definition) is 1. The molecule has 0 aliphatic carbocycles. The highest BCUT2D eigenvalue weighted by Gasteiger charge is 2.47. The van der Waals surface area contributed by atoms with Gasteiger partial charge in [0.1, 0.15) is 23.4 Å². The van der Waals surface area contributed by atoms with E-state index in [1.807, 2.05) is 31.2 Å². The molecular weight excluding hydrogens is 432 g/mol. The summed E-state index contributed by atoms with van der Waals surface area (Å²) >= 11 is 0. The van der Waals surface area contributed by atoms with Crippen LogP contribution in [-0.4, -0.2) is 39.9 Å². The average Bonchev–Trinajstić information content (AvgIpc) is 3.35. The van der Waals surface area contributed by atoms with E-state index < -0.39 is 17.7 Å². The highest BCUT2D eigenvalue weighted by atomic mass is 16.5. The number of ketones is 1. The number of fused-ring (bicyclic) bond motifs is 1. The summed E-state index contributed by atoms with van der Waals surface area (Å²) in [5.41, 5.74) is 2.84. The van der Waals surface area contributed by atoms with Gasteiger partial charge in [-0.2, -0.15) is 0 Å². The molecule has 0 bridgehead atoms. The number of carbonyl (C=O) groups excluding carboxylic acids is 2. The smallest absolute Gasteiger partial charge is 0.295 e. The molecular formula is C27H24N2O5. The highest BCUT2D eigenvalue weighted by Crippen LogP contribution is 2.44. The first kappa shape index (κ1) is 21.7. The van der Waals surface area contributed by atoms with Crippen molar-refractivity contribution in [2.75, 3.05) is 7.11 Å². The first-order valence-corrected chi connectivity index (χ1v) is 11.1. The molecule has 0 radical (unpaired) electrons. The number of Topliss-reactive ketones (excluding diaryl/α,β-unsaturated/α-hetero) is 1. The summed E-state index contributed by atoms with van der Waals surface area (Å²) in [6, 6.07) is 15.3. The lowest BCUT2D eigenvalue weighted by molar-refractivity contribution is -0.140. The predicted molar refractivity (Wildman–Crippen MR) is 125 cm³/mol. The molecule has 1 fully saturated rings. The molecule has 0 spiro atoms. The molecule has 2 aliphatic rings. The van der Waals surface area contributed by atoms with Gasteiger partial charge in [-0.05, 0) is 48.4 Å². The van der Waals surface area contributed by atoms with Crippen molar-refractivity contribution in [2.45, 2.75) is 32.0 Å². The number of aliphatic hydroxyl groups excluding tert-OH is 1. The Balaban J connectivity index is 1.66. The molecule has 7 nitrogen and oxygen atoms in total. The number of aliphatic hydroxyl groups is 1. The lowest BCUT2D eigenvalue weighted by Crippen LogP contribution is -2.29. The summed E-state index contributed by atoms with van der Waals surface area (Å²) in [5, 5.41) is 11.4. The number of rotatable bonds is 5. The Morgan fingerprint density at radius 2 is 2.00 bits per heavy atom. The summed E-state index contributed by atoms with van der Waals surface area (Å²) in [6.45, 7) is 2.14. The van der Waals surface area contributed by atoms with Crippen molar-refractivity contribution in [2.24, 2.45) is 0 Å². The number of carbonyl (C=O) groups is 2. The molecule has 1 N–H and O–H groups in total. The number of nitrogens with zero attached hydrogens (tertiary/aromatic N) is 2. The second-order valence-electron chi connectivity index (χ2n) is 8.49. The first-order chi connectivity index (χ1) is 16.5. The third kappa shape index (κ3) is 3.69. The van der Waals surface area contributed by atoms with Gasteiger partial charge in [0.2, 0.25) is 0 Å². The van der Waals surface area contributed by atoms with Gasteiger partial charge in [-0.15, -0.1) is 0 Å². The van der Waals surface area contributed by atoms with Crippen molar-refractivity contribution in [3.63, 3.8) is 0 Å². The van der Waals surface area contributed by atoms with Crippen molar-refractivity contribution in [1.82, 2.24) is 9.88 Å². The minimum absolute atomic E-state index is 0.0327. The molecule has 3 heterocycles. The number of hydrogen-bond acceptors (Lipinski definition) is 6. The fraction of sp³-hybridized carbons (Fsp3) is 0.222. The van der Waals surface area contributed by atoms with E-state index in [9.17, 15) is 14.7 Å². The summed E-state index contributed by atoms with van der Waals surface area (Å²) in [7, 11) is 1.54. The number of ether oxygens (including phenoxy) is 2. The average molecular weight is 456 g/mol. The molecule has 2 aliphatic heterocycles. The van der Waals surface area contributed by atoms with Gasteiger partial charge < -0.3 is 19.5 Å². The third-order valence-electron chi connectivity index (χ3n) is 6.22. The van der Waals surface area contributed by atoms with E-state index in [1.165, 1.54) is 12.0 Å². The van der Waals surface area contributed by atoms with Crippen LogP contribution in [0.5, 0.6) is 11.5 Å². The van der Waals surface area contributed by atoms with E-state index >= 15 is 0 Å². The Hall–Kier alpha value is -4.13. The molecule has 2 aromatic carbocycles. The fourth-order valence-electron chi connectivity index (χ4n) is 4.67. The van der Waals surface area contributed by atoms with E-state index in [2.05, 4.69) is 4.98 Å². The van der Waals surface area contributed by atoms with Crippen molar-refractivity contribution >= 4 is 17.4 Å². The number of amides is 1. The first-order valence-electron chi connectivity index (χ1n) is 11.1. The summed E-state index contributed by atoms with van der Waals surface area (Å²) in [4.78, 5) is 32.1. The van der Waals surface area contributed by atoms with Gasteiger partial charge in [-0.3, -0.25) is 14.6 Å². The summed E-state index contributed by atoms with van der Waals surface area (Å²) < 4.78 is 11.3. The van der Waals surface area contributed by atoms with E-state index in [0.29, 0.717) is 23.3 Å². The van der Waals surface area contributed by atoms with Gasteiger partial charge >= 0.3 is 0 Å². The maximum absolute atomic E-state index is 13.3. The summed E-state index contributed by atoms with van der Waals surface area (Å²) in [5.74, 6) is -0.345. The molecule has 172 valence electrons. The number of pyridine rings is 1. The SMILES string of the molecule is COc1ccccc1C1/C(=C(\O)c2ccc3c(c2)CC(C)O3)C(=O)C(=O)N1Cc1cccnc1. The number of methoxy groups -OCH3 is 1. The minimum atomic E-state index is -0.820. The molecule has 1 amide bonds. The van der Waals surface area contributed by atoms with Crippen molar-refractivity contribution in [3.8, 4) is 11.5 Å². The number of benzene rings is 2. The van der Waals surface area contributed by atoms with Crippen LogP contribution < -0.4 is 9.47 Å². The monoisotopic (exact) mass is 456 g/mol. The van der Waals surface area contributed by atoms with Crippen molar-refractivity contribution < 1.29 is 24.2 Å². The maximum atomic E-state index is 13.3. The molecule has 7 heteroatoms. The molecule has 2 unspecified atom stereocenters. The quantitative estimate of drug-likeness (QED) is 0.354. The Kier molecular flexibility index (Phi) is 5.53. The largest absolute Gasteiger partial charge is 0.507 e. The van der Waals surface area contributed by atoms with Crippen LogP contribution in [0.1, 0.15) is 35.2 Å². The highest BCUT2D eigenvalue weighted by molar-refractivity contribution is 6.46. The molecule has 5 rings (SSSR count). The predicted octanol–water partition coefficient (Wildman–Crippen LogP) is 4.04. The van der Waals surface area contributed by atoms with E-state index in [0.717, 1.165) is 16.9 Å². The van der Waals surface area contributed by atoms with Gasteiger partial charge in [0.15, 0.2) is 0 Å². The number of para-hydroxylation sites is 1. The second-order valence-corrected chi connectivity index (χ2v) is 8.49. The van der Waals surface area contributed by atoms with Gasteiger partial charge in [-0.25, -0.2) is 0 Å². The van der Waals surface area contributed by atoms with Crippen LogP contribution in [-0.2, 0) is 22.6 Å². The number of aromatic nitrogens is 1. The molecule has 0 saturated carbocycles. The molecule has 2 atom stereocenters. The van der Waals surface area contributed by atoms with Crippen LogP contribution in [0.2, 0.25) is 0 Å². The zero-order valence-electron chi connectivity index (χ0n) is 18.9. The second kappa shape index (κ2) is 8.67. The van der Waals surface area contributed by atoms with Gasteiger partial charge in [0, 0.05) is 36.5 Å². The van der Waals surface area contributed by atoms with E-state index in [-0.39, 0.29) is 24.0 Å². The Labute approximate surface area is 197 Å². The van der Waals surface area contributed by atoms with Crippen LogP contribution in [0.4, 0.5) is 0 Å². The van der Waals surface area contributed by atoms with Crippen LogP contribution in [0, 0.1) is 0 Å². The molecule has 34 heavy (non-hydrogen) atoms. The Morgan fingerprint density at radius 1 is 1.18 bits per heavy atom. The molecule has 1 saturated heterocycles. The summed E-state index contributed by atoms with van der Waals surface area (Å²) in [6.07, 6.45) is 4.06. The Bertz CT molecular complexity index is 1300. The Morgan fingerprint density at radius 3 is 2.76 bits per heavy atom. The third-order valence-corrected chi connectivity index (χ3v) is 6.22. The van der Waals surface area contributed by atoms with Gasteiger partial charge in [0.25, 0.3) is 11.7 Å². The van der Waals surface area contributed by atoms with Crippen LogP contribution in [0.15, 0.2) is 72.6 Å². The van der Waals surface area contributed by atoms with Gasteiger partial charge in [-0.1, -0.05) is 24.3 Å². The topological polar surface area (TPSA) is 89.0 Å². The minimum Gasteiger partial charge on any atom is -0.507 e. The lowest BCUT2D eigenvalue weighted by atomic mass is 9.93. The zero-order chi connectivity index (χ0) is 23.8. The maximum Gasteiger partial charge on any atom is 0.295 e. The van der Waals surface area contributed by atoms with E-state index in [4.69, 9.17) is 9.47 Å². The zero-order valence-corrected chi connectivity index (χ0v) is 18.9.